The van der Waals surface area contributed by atoms with E-state index in [9.17, 15) is 9.59 Å². The summed E-state index contributed by atoms with van der Waals surface area (Å²) in [6, 6.07) is 14.0. The molecular formula is C24H21N5O4S. The van der Waals surface area contributed by atoms with E-state index in [1.165, 1.54) is 15.7 Å². The summed E-state index contributed by atoms with van der Waals surface area (Å²) < 4.78 is 12.9. The molecule has 172 valence electrons. The van der Waals surface area contributed by atoms with Crippen molar-refractivity contribution in [2.45, 2.75) is 13.2 Å². The first-order chi connectivity index (χ1) is 16.6. The van der Waals surface area contributed by atoms with E-state index in [4.69, 9.17) is 14.4 Å². The summed E-state index contributed by atoms with van der Waals surface area (Å²) in [5.41, 5.74) is 1.10. The van der Waals surface area contributed by atoms with Gasteiger partial charge in [0.2, 0.25) is 0 Å². The fraction of sp³-hybridized carbons (Fsp3) is 0.250. The molecule has 0 aliphatic carbocycles. The molecule has 34 heavy (non-hydrogen) atoms. The van der Waals surface area contributed by atoms with Crippen molar-refractivity contribution in [1.82, 2.24) is 19.2 Å². The first-order valence-corrected chi connectivity index (χ1v) is 11.7. The number of carbonyl (C=O) groups excluding carboxylic acids is 1. The number of aromatic nitrogens is 2. The lowest BCUT2D eigenvalue weighted by atomic mass is 10.2. The van der Waals surface area contributed by atoms with Crippen LogP contribution in [-0.2, 0) is 13.2 Å². The van der Waals surface area contributed by atoms with Crippen molar-refractivity contribution >= 4 is 22.2 Å². The lowest BCUT2D eigenvalue weighted by Crippen LogP contribution is -2.48. The van der Waals surface area contributed by atoms with Gasteiger partial charge in [-0.3, -0.25) is 18.9 Å². The largest absolute Gasteiger partial charge is 0.484 e. The average Bonchev–Trinajstić information content (AvgIpc) is 3.53. The molecule has 1 aliphatic heterocycles. The molecule has 4 aromatic rings. The fourth-order valence-corrected chi connectivity index (χ4v) is 4.61. The average molecular weight is 476 g/mol. The van der Waals surface area contributed by atoms with E-state index in [0.717, 1.165) is 5.69 Å². The molecule has 0 unspecified atom stereocenters. The van der Waals surface area contributed by atoms with Crippen LogP contribution in [0, 0.1) is 11.3 Å². The van der Waals surface area contributed by atoms with E-state index < -0.39 is 0 Å². The van der Waals surface area contributed by atoms with Crippen LogP contribution in [0.2, 0.25) is 0 Å². The van der Waals surface area contributed by atoms with E-state index in [2.05, 4.69) is 16.0 Å². The Bertz CT molecular complexity index is 1420. The van der Waals surface area contributed by atoms with E-state index >= 15 is 0 Å². The fourth-order valence-electron chi connectivity index (χ4n) is 3.87. The molecule has 0 spiro atoms. The quantitative estimate of drug-likeness (QED) is 0.422. The normalized spacial score (nSPS) is 14.3. The summed E-state index contributed by atoms with van der Waals surface area (Å²) in [7, 11) is 0. The van der Waals surface area contributed by atoms with Gasteiger partial charge in [0.15, 0.2) is 10.7 Å². The third-order valence-corrected chi connectivity index (χ3v) is 6.41. The summed E-state index contributed by atoms with van der Waals surface area (Å²) in [6.45, 7) is 3.17. The van der Waals surface area contributed by atoms with Crippen LogP contribution in [0.3, 0.4) is 0 Å². The number of rotatable bonds is 6. The van der Waals surface area contributed by atoms with Crippen LogP contribution in [-0.4, -0.2) is 51.3 Å². The van der Waals surface area contributed by atoms with E-state index in [1.54, 1.807) is 53.6 Å². The third kappa shape index (κ3) is 4.57. The van der Waals surface area contributed by atoms with Crippen LogP contribution >= 0.6 is 11.3 Å². The molecule has 0 N–H and O–H groups in total. The molecule has 1 aliphatic rings. The minimum absolute atomic E-state index is 0.0798. The van der Waals surface area contributed by atoms with Crippen molar-refractivity contribution in [2.24, 2.45) is 0 Å². The molecule has 0 bridgehead atoms. The standard InChI is InChI=1S/C24H21N5O4S/c25-14-17-3-1-2-4-20(17)32-16-19-5-6-21(33-19)23(31)28-9-7-27(8-10-28)15-18-13-22(30)29-11-12-34-24(29)26-18/h1-6,11-13H,7-10,15-16H2. The van der Waals surface area contributed by atoms with Crippen molar-refractivity contribution in [3.63, 3.8) is 0 Å². The Labute approximate surface area is 199 Å². The predicted molar refractivity (Wildman–Crippen MR) is 125 cm³/mol. The highest BCUT2D eigenvalue weighted by molar-refractivity contribution is 7.15. The topological polar surface area (TPSA) is 104 Å². The summed E-state index contributed by atoms with van der Waals surface area (Å²) in [5.74, 6) is 1.08. The summed E-state index contributed by atoms with van der Waals surface area (Å²) in [4.78, 5) is 34.3. The number of nitrogens with zero attached hydrogens (tertiary/aromatic N) is 5. The van der Waals surface area contributed by atoms with E-state index in [0.29, 0.717) is 54.8 Å². The van der Waals surface area contributed by atoms with Crippen LogP contribution in [0.5, 0.6) is 5.75 Å². The van der Waals surface area contributed by atoms with Gasteiger partial charge in [-0.1, -0.05) is 12.1 Å². The molecule has 10 heteroatoms. The zero-order valence-corrected chi connectivity index (χ0v) is 19.0. The molecule has 0 radical (unpaired) electrons. The maximum Gasteiger partial charge on any atom is 0.289 e. The number of amides is 1. The zero-order chi connectivity index (χ0) is 23.5. The summed E-state index contributed by atoms with van der Waals surface area (Å²) in [5, 5.41) is 11.0. The Morgan fingerprint density at radius 3 is 2.82 bits per heavy atom. The zero-order valence-electron chi connectivity index (χ0n) is 18.2. The number of hydrogen-bond acceptors (Lipinski definition) is 8. The Hall–Kier alpha value is -3.94. The van der Waals surface area contributed by atoms with Gasteiger partial charge >= 0.3 is 0 Å². The number of ether oxygens (including phenoxy) is 1. The van der Waals surface area contributed by atoms with Gasteiger partial charge in [0.05, 0.1) is 11.3 Å². The number of benzene rings is 1. The second-order valence-corrected chi connectivity index (χ2v) is 8.75. The Balaban J connectivity index is 1.15. The molecule has 4 heterocycles. The van der Waals surface area contributed by atoms with Crippen molar-refractivity contribution in [1.29, 1.82) is 5.26 Å². The first kappa shape index (κ1) is 21.9. The van der Waals surface area contributed by atoms with Crippen LogP contribution in [0.25, 0.3) is 4.96 Å². The maximum absolute atomic E-state index is 12.9. The van der Waals surface area contributed by atoms with E-state index in [-0.39, 0.29) is 23.8 Å². The van der Waals surface area contributed by atoms with Crippen LogP contribution in [0.1, 0.15) is 27.6 Å². The second-order valence-electron chi connectivity index (χ2n) is 7.87. The van der Waals surface area contributed by atoms with Crippen LogP contribution in [0.4, 0.5) is 0 Å². The minimum atomic E-state index is -0.167. The number of furan rings is 1. The third-order valence-electron chi connectivity index (χ3n) is 5.65. The van der Waals surface area contributed by atoms with Crippen molar-refractivity contribution < 1.29 is 13.9 Å². The van der Waals surface area contributed by atoms with E-state index in [1.807, 2.05) is 5.38 Å². The predicted octanol–water partition coefficient (Wildman–Crippen LogP) is 2.76. The van der Waals surface area contributed by atoms with Crippen molar-refractivity contribution in [3.8, 4) is 11.8 Å². The highest BCUT2D eigenvalue weighted by Crippen LogP contribution is 2.20. The molecule has 1 saturated heterocycles. The van der Waals surface area contributed by atoms with Crippen LogP contribution in [0.15, 0.2) is 63.3 Å². The van der Waals surface area contributed by atoms with Crippen molar-refractivity contribution in [3.05, 3.63) is 87.2 Å². The Morgan fingerprint density at radius 2 is 2.00 bits per heavy atom. The minimum Gasteiger partial charge on any atom is -0.484 e. The molecule has 5 rings (SSSR count). The number of nitriles is 1. The molecule has 3 aromatic heterocycles. The first-order valence-electron chi connectivity index (χ1n) is 10.8. The molecule has 1 amide bonds. The maximum atomic E-state index is 12.9. The number of carbonyl (C=O) groups is 1. The SMILES string of the molecule is N#Cc1ccccc1OCc1ccc(C(=O)N2CCN(Cc3cc(=O)n4ccsc4n3)CC2)o1. The molecule has 9 nitrogen and oxygen atoms in total. The van der Waals surface area contributed by atoms with Gasteiger partial charge in [-0.15, -0.1) is 11.3 Å². The summed E-state index contributed by atoms with van der Waals surface area (Å²) >= 11 is 1.43. The highest BCUT2D eigenvalue weighted by atomic mass is 32.1. The van der Waals surface area contributed by atoms with Gasteiger partial charge in [-0.25, -0.2) is 4.98 Å². The lowest BCUT2D eigenvalue weighted by Gasteiger charge is -2.34. The Morgan fingerprint density at radius 1 is 1.18 bits per heavy atom. The smallest absolute Gasteiger partial charge is 0.289 e. The molecule has 0 saturated carbocycles. The van der Waals surface area contributed by atoms with Gasteiger partial charge in [0, 0.05) is 50.4 Å². The Kier molecular flexibility index (Phi) is 6.12. The second kappa shape index (κ2) is 9.51. The number of thiazole rings is 1. The van der Waals surface area contributed by atoms with Gasteiger partial charge in [0.1, 0.15) is 24.2 Å². The number of para-hydroxylation sites is 1. The molecule has 1 aromatic carbocycles. The lowest BCUT2D eigenvalue weighted by molar-refractivity contribution is 0.0593. The monoisotopic (exact) mass is 475 g/mol. The molecule has 0 atom stereocenters. The number of piperazine rings is 1. The van der Waals surface area contributed by atoms with Gasteiger partial charge in [-0.05, 0) is 24.3 Å². The number of hydrogen-bond donors (Lipinski definition) is 0. The van der Waals surface area contributed by atoms with Gasteiger partial charge < -0.3 is 14.1 Å². The molecule has 1 fully saturated rings. The highest BCUT2D eigenvalue weighted by Gasteiger charge is 2.25. The summed E-state index contributed by atoms with van der Waals surface area (Å²) in [6.07, 6.45) is 1.72. The van der Waals surface area contributed by atoms with Crippen molar-refractivity contribution in [2.75, 3.05) is 26.2 Å². The van der Waals surface area contributed by atoms with Gasteiger partial charge in [0.25, 0.3) is 11.5 Å². The number of fused-ring (bicyclic) bond motifs is 1. The molecular weight excluding hydrogens is 454 g/mol. The van der Waals surface area contributed by atoms with Gasteiger partial charge in [-0.2, -0.15) is 5.26 Å². The van der Waals surface area contributed by atoms with Crippen LogP contribution < -0.4 is 10.3 Å².